The zero-order valence-corrected chi connectivity index (χ0v) is 12.2. The Bertz CT molecular complexity index is 505. The molecule has 1 aromatic rings. The summed E-state index contributed by atoms with van der Waals surface area (Å²) in [6.07, 6.45) is 1.60. The fourth-order valence-corrected chi connectivity index (χ4v) is 2.16. The molecule has 0 saturated carbocycles. The second-order valence-corrected chi connectivity index (χ2v) is 6.35. The molecule has 7 heteroatoms. The van der Waals surface area contributed by atoms with Crippen LogP contribution in [-0.4, -0.2) is 33.7 Å². The van der Waals surface area contributed by atoms with Crippen LogP contribution in [0.5, 0.6) is 0 Å². The summed E-state index contributed by atoms with van der Waals surface area (Å²) < 4.78 is 23.9. The zero-order chi connectivity index (χ0) is 14.3. The molecule has 1 rings (SSSR count). The molecule has 1 aromatic carbocycles. The second kappa shape index (κ2) is 7.47. The summed E-state index contributed by atoms with van der Waals surface area (Å²) in [5.74, 6) is -0.285. The molecule has 0 aliphatic rings. The molecule has 1 amide bonds. The molecule has 0 heterocycles. The van der Waals surface area contributed by atoms with Gasteiger partial charge in [0.2, 0.25) is 15.9 Å². The first-order valence-corrected chi connectivity index (χ1v) is 8.14. The minimum Gasteiger partial charge on any atom is -0.354 e. The fraction of sp³-hybridized carbons (Fsp3) is 0.417. The summed E-state index contributed by atoms with van der Waals surface area (Å²) in [5.41, 5.74) is 0.732. The van der Waals surface area contributed by atoms with Gasteiger partial charge in [0.1, 0.15) is 5.38 Å². The van der Waals surface area contributed by atoms with Crippen molar-refractivity contribution in [3.05, 3.63) is 35.9 Å². The molecule has 0 saturated heterocycles. The summed E-state index contributed by atoms with van der Waals surface area (Å²) in [5, 5.41) is 1.93. The van der Waals surface area contributed by atoms with Crippen molar-refractivity contribution in [1.82, 2.24) is 10.0 Å². The van der Waals surface area contributed by atoms with Gasteiger partial charge in [-0.15, -0.1) is 11.6 Å². The van der Waals surface area contributed by atoms with Crippen molar-refractivity contribution < 1.29 is 13.2 Å². The Morgan fingerprint density at radius 2 is 1.89 bits per heavy atom. The largest absolute Gasteiger partial charge is 0.354 e. The number of carbonyl (C=O) groups excluding carboxylic acids is 1. The van der Waals surface area contributed by atoms with Gasteiger partial charge in [-0.25, -0.2) is 13.1 Å². The number of amides is 1. The maximum Gasteiger partial charge on any atom is 0.242 e. The minimum atomic E-state index is -3.17. The van der Waals surface area contributed by atoms with Crippen molar-refractivity contribution in [2.24, 2.45) is 0 Å². The van der Waals surface area contributed by atoms with Crippen molar-refractivity contribution in [1.29, 1.82) is 0 Å². The van der Waals surface area contributed by atoms with Crippen LogP contribution < -0.4 is 10.0 Å². The molecule has 0 aliphatic carbocycles. The Labute approximate surface area is 118 Å². The molecule has 0 aliphatic heterocycles. The van der Waals surface area contributed by atoms with Crippen LogP contribution in [0.15, 0.2) is 30.3 Å². The lowest BCUT2D eigenvalue weighted by atomic mass is 10.1. The van der Waals surface area contributed by atoms with Gasteiger partial charge in [-0.2, -0.15) is 0 Å². The van der Waals surface area contributed by atoms with E-state index >= 15 is 0 Å². The highest BCUT2D eigenvalue weighted by atomic mass is 35.5. The molecule has 1 unspecified atom stereocenters. The lowest BCUT2D eigenvalue weighted by molar-refractivity contribution is -0.120. The average Bonchev–Trinajstić information content (AvgIpc) is 2.37. The lowest BCUT2D eigenvalue weighted by Crippen LogP contribution is -2.31. The second-order valence-electron chi connectivity index (χ2n) is 4.08. The molecule has 0 spiro atoms. The predicted molar refractivity (Wildman–Crippen MR) is 75.5 cm³/mol. The highest BCUT2D eigenvalue weighted by molar-refractivity contribution is 7.88. The monoisotopic (exact) mass is 304 g/mol. The van der Waals surface area contributed by atoms with Crippen LogP contribution in [0.1, 0.15) is 17.4 Å². The van der Waals surface area contributed by atoms with E-state index in [1.54, 1.807) is 12.1 Å². The van der Waals surface area contributed by atoms with Crippen molar-refractivity contribution >= 4 is 27.5 Å². The molecular formula is C12H17ClN2O3S. The molecule has 5 nitrogen and oxygen atoms in total. The number of rotatable bonds is 7. The van der Waals surface area contributed by atoms with Gasteiger partial charge in [0, 0.05) is 13.1 Å². The van der Waals surface area contributed by atoms with Gasteiger partial charge in [0.15, 0.2) is 0 Å². The highest BCUT2D eigenvalue weighted by Gasteiger charge is 2.16. The molecule has 2 N–H and O–H groups in total. The minimum absolute atomic E-state index is 0.285. The van der Waals surface area contributed by atoms with E-state index < -0.39 is 15.4 Å². The Hall–Kier alpha value is -1.11. The van der Waals surface area contributed by atoms with Crippen LogP contribution in [-0.2, 0) is 14.8 Å². The zero-order valence-electron chi connectivity index (χ0n) is 10.6. The Balaban J connectivity index is 2.28. The summed E-state index contributed by atoms with van der Waals surface area (Å²) in [6.45, 7) is 0.662. The number of hydrogen-bond donors (Lipinski definition) is 2. The number of hydrogen-bond acceptors (Lipinski definition) is 3. The first-order chi connectivity index (χ1) is 8.90. The topological polar surface area (TPSA) is 75.3 Å². The molecule has 0 radical (unpaired) electrons. The van der Waals surface area contributed by atoms with Gasteiger partial charge in [0.25, 0.3) is 0 Å². The van der Waals surface area contributed by atoms with Gasteiger partial charge < -0.3 is 5.32 Å². The summed E-state index contributed by atoms with van der Waals surface area (Å²) in [6, 6.07) is 9.04. The quantitative estimate of drug-likeness (QED) is 0.583. The number of alkyl halides is 1. The van der Waals surface area contributed by atoms with Crippen molar-refractivity contribution in [3.63, 3.8) is 0 Å². The van der Waals surface area contributed by atoms with E-state index in [2.05, 4.69) is 10.0 Å². The molecule has 19 heavy (non-hydrogen) atoms. The van der Waals surface area contributed by atoms with Gasteiger partial charge in [-0.3, -0.25) is 4.79 Å². The Morgan fingerprint density at radius 3 is 2.47 bits per heavy atom. The molecule has 0 aromatic heterocycles. The van der Waals surface area contributed by atoms with Crippen LogP contribution in [0, 0.1) is 0 Å². The van der Waals surface area contributed by atoms with Crippen LogP contribution in [0.25, 0.3) is 0 Å². The van der Waals surface area contributed by atoms with Gasteiger partial charge in [0.05, 0.1) is 6.26 Å². The number of carbonyl (C=O) groups is 1. The maximum absolute atomic E-state index is 11.7. The number of nitrogens with one attached hydrogen (secondary N) is 2. The predicted octanol–water partition coefficient (Wildman–Crippen LogP) is 1.02. The van der Waals surface area contributed by atoms with Gasteiger partial charge >= 0.3 is 0 Å². The van der Waals surface area contributed by atoms with Crippen molar-refractivity contribution in [3.8, 4) is 0 Å². The standard InChI is InChI=1S/C12H17ClN2O3S/c1-19(17,18)15-9-5-8-14-12(16)11(13)10-6-3-2-4-7-10/h2-4,6-7,11,15H,5,8-9H2,1H3,(H,14,16). The van der Waals surface area contributed by atoms with E-state index in [1.165, 1.54) is 0 Å². The van der Waals surface area contributed by atoms with E-state index in [-0.39, 0.29) is 12.5 Å². The normalized spacial score (nSPS) is 12.9. The van der Waals surface area contributed by atoms with E-state index in [1.807, 2.05) is 18.2 Å². The summed E-state index contributed by atoms with van der Waals surface area (Å²) in [7, 11) is -3.17. The molecular weight excluding hydrogens is 288 g/mol. The Morgan fingerprint density at radius 1 is 1.26 bits per heavy atom. The van der Waals surface area contributed by atoms with Crippen LogP contribution >= 0.6 is 11.6 Å². The first-order valence-electron chi connectivity index (χ1n) is 5.81. The third-order valence-corrected chi connectivity index (χ3v) is 3.52. The molecule has 0 bridgehead atoms. The van der Waals surface area contributed by atoms with Gasteiger partial charge in [-0.05, 0) is 12.0 Å². The van der Waals surface area contributed by atoms with Crippen LogP contribution in [0.3, 0.4) is 0 Å². The van der Waals surface area contributed by atoms with Gasteiger partial charge in [-0.1, -0.05) is 30.3 Å². The van der Waals surface area contributed by atoms with Crippen LogP contribution in [0.4, 0.5) is 0 Å². The third-order valence-electron chi connectivity index (χ3n) is 2.34. The molecule has 0 fully saturated rings. The van der Waals surface area contributed by atoms with E-state index in [0.29, 0.717) is 13.0 Å². The van der Waals surface area contributed by atoms with Crippen molar-refractivity contribution in [2.45, 2.75) is 11.8 Å². The summed E-state index contributed by atoms with van der Waals surface area (Å²) in [4.78, 5) is 11.7. The SMILES string of the molecule is CS(=O)(=O)NCCCNC(=O)C(Cl)c1ccccc1. The maximum atomic E-state index is 11.7. The Kier molecular flexibility index (Phi) is 6.27. The van der Waals surface area contributed by atoms with Crippen LogP contribution in [0.2, 0.25) is 0 Å². The van der Waals surface area contributed by atoms with E-state index in [0.717, 1.165) is 11.8 Å². The average molecular weight is 305 g/mol. The molecule has 1 atom stereocenters. The first kappa shape index (κ1) is 15.9. The van der Waals surface area contributed by atoms with E-state index in [4.69, 9.17) is 11.6 Å². The lowest BCUT2D eigenvalue weighted by Gasteiger charge is -2.10. The number of benzene rings is 1. The highest BCUT2D eigenvalue weighted by Crippen LogP contribution is 2.19. The smallest absolute Gasteiger partial charge is 0.242 e. The number of halogens is 1. The fourth-order valence-electron chi connectivity index (χ4n) is 1.42. The number of sulfonamides is 1. The molecule has 106 valence electrons. The van der Waals surface area contributed by atoms with Crippen molar-refractivity contribution in [2.75, 3.05) is 19.3 Å². The van der Waals surface area contributed by atoms with E-state index in [9.17, 15) is 13.2 Å². The summed E-state index contributed by atoms with van der Waals surface area (Å²) >= 11 is 6.02. The third kappa shape index (κ3) is 6.56.